The first kappa shape index (κ1) is 11.3. The second-order valence-electron chi connectivity index (χ2n) is 2.13. The summed E-state index contributed by atoms with van der Waals surface area (Å²) in [5.41, 5.74) is 0. The molecule has 2 unspecified atom stereocenters. The van der Waals surface area contributed by atoms with Crippen LogP contribution in [0.1, 0.15) is 6.92 Å². The second kappa shape index (κ2) is 4.36. The van der Waals surface area contributed by atoms with Gasteiger partial charge in [0.2, 0.25) is 0 Å². The Balaban J connectivity index is 4.48. The zero-order chi connectivity index (χ0) is 9.78. The van der Waals surface area contributed by atoms with Crippen molar-refractivity contribution in [1.82, 2.24) is 0 Å². The Bertz CT molecular complexity index is 158. The molecule has 12 heavy (non-hydrogen) atoms. The standard InChI is InChI=1S/C6H12O6/c1-2-12-6(11,5(9)10)4(8)3-7/h4,7-8,11H,2-3H2,1H3,(H,9,10). The molecular weight excluding hydrogens is 168 g/mol. The number of ether oxygens (including phenoxy) is 1. The number of carboxylic acid groups (broad SMARTS) is 1. The summed E-state index contributed by atoms with van der Waals surface area (Å²) in [6.07, 6.45) is -1.85. The van der Waals surface area contributed by atoms with Crippen LogP contribution in [-0.2, 0) is 9.53 Å². The van der Waals surface area contributed by atoms with Crippen molar-refractivity contribution in [3.8, 4) is 0 Å². The molecule has 0 fully saturated rings. The van der Waals surface area contributed by atoms with Crippen molar-refractivity contribution in [2.45, 2.75) is 18.8 Å². The van der Waals surface area contributed by atoms with Crippen LogP contribution < -0.4 is 0 Å². The highest BCUT2D eigenvalue weighted by molar-refractivity contribution is 5.76. The zero-order valence-corrected chi connectivity index (χ0v) is 6.60. The first-order valence-electron chi connectivity index (χ1n) is 3.37. The number of hydrogen-bond acceptors (Lipinski definition) is 5. The van der Waals surface area contributed by atoms with E-state index in [1.165, 1.54) is 6.92 Å². The van der Waals surface area contributed by atoms with Crippen molar-refractivity contribution in [3.63, 3.8) is 0 Å². The minimum Gasteiger partial charge on any atom is -0.477 e. The molecule has 0 saturated carbocycles. The number of aliphatic hydroxyl groups is 3. The van der Waals surface area contributed by atoms with Gasteiger partial charge in [0.1, 0.15) is 6.10 Å². The van der Waals surface area contributed by atoms with E-state index < -0.39 is 24.5 Å². The molecule has 0 aliphatic rings. The van der Waals surface area contributed by atoms with Crippen LogP contribution >= 0.6 is 0 Å². The maximum atomic E-state index is 10.4. The average molecular weight is 180 g/mol. The third kappa shape index (κ3) is 2.15. The normalized spacial score (nSPS) is 18.3. The Morgan fingerprint density at radius 1 is 1.67 bits per heavy atom. The number of aliphatic hydroxyl groups excluding tert-OH is 2. The summed E-state index contributed by atoms with van der Waals surface area (Å²) < 4.78 is 4.39. The van der Waals surface area contributed by atoms with Gasteiger partial charge in [0, 0.05) is 6.61 Å². The highest BCUT2D eigenvalue weighted by Gasteiger charge is 2.44. The minimum atomic E-state index is -2.72. The molecule has 0 aromatic carbocycles. The lowest BCUT2D eigenvalue weighted by Gasteiger charge is -2.26. The van der Waals surface area contributed by atoms with Gasteiger partial charge in [0.05, 0.1) is 6.61 Å². The molecular formula is C6H12O6. The zero-order valence-electron chi connectivity index (χ0n) is 6.60. The summed E-state index contributed by atoms with van der Waals surface area (Å²) >= 11 is 0. The largest absolute Gasteiger partial charge is 0.477 e. The van der Waals surface area contributed by atoms with E-state index in [-0.39, 0.29) is 6.61 Å². The van der Waals surface area contributed by atoms with Crippen molar-refractivity contribution >= 4 is 5.97 Å². The molecule has 6 heteroatoms. The summed E-state index contributed by atoms with van der Waals surface area (Å²) in [6.45, 7) is 0.487. The van der Waals surface area contributed by atoms with Crippen LogP contribution in [0.4, 0.5) is 0 Å². The van der Waals surface area contributed by atoms with Crippen molar-refractivity contribution in [1.29, 1.82) is 0 Å². The highest BCUT2D eigenvalue weighted by Crippen LogP contribution is 2.12. The van der Waals surface area contributed by atoms with E-state index >= 15 is 0 Å². The molecule has 6 nitrogen and oxygen atoms in total. The Morgan fingerprint density at radius 3 is 2.42 bits per heavy atom. The third-order valence-electron chi connectivity index (χ3n) is 1.30. The lowest BCUT2D eigenvalue weighted by molar-refractivity contribution is -0.261. The van der Waals surface area contributed by atoms with Gasteiger partial charge < -0.3 is 25.2 Å². The van der Waals surface area contributed by atoms with E-state index in [0.717, 1.165) is 0 Å². The lowest BCUT2D eigenvalue weighted by atomic mass is 10.1. The molecule has 0 aliphatic heterocycles. The quantitative estimate of drug-likeness (QED) is 0.370. The molecule has 0 aliphatic carbocycles. The van der Waals surface area contributed by atoms with Crippen LogP contribution in [0.15, 0.2) is 0 Å². The molecule has 0 aromatic heterocycles. The van der Waals surface area contributed by atoms with Gasteiger partial charge in [-0.05, 0) is 6.92 Å². The molecule has 0 bridgehead atoms. The van der Waals surface area contributed by atoms with Gasteiger partial charge in [-0.2, -0.15) is 0 Å². The number of carbonyl (C=O) groups is 1. The monoisotopic (exact) mass is 180 g/mol. The molecule has 4 N–H and O–H groups in total. The van der Waals surface area contributed by atoms with Crippen LogP contribution in [0, 0.1) is 0 Å². The van der Waals surface area contributed by atoms with Gasteiger partial charge in [-0.15, -0.1) is 0 Å². The molecule has 0 saturated heterocycles. The summed E-state index contributed by atoms with van der Waals surface area (Å²) in [5.74, 6) is -4.45. The Hall–Kier alpha value is -0.690. The maximum absolute atomic E-state index is 10.4. The van der Waals surface area contributed by atoms with Crippen LogP contribution in [0.2, 0.25) is 0 Å². The molecule has 0 rings (SSSR count). The van der Waals surface area contributed by atoms with Crippen molar-refractivity contribution in [2.75, 3.05) is 13.2 Å². The van der Waals surface area contributed by atoms with E-state index in [1.807, 2.05) is 0 Å². The second-order valence-corrected chi connectivity index (χ2v) is 2.13. The first-order chi connectivity index (χ1) is 5.49. The van der Waals surface area contributed by atoms with E-state index in [9.17, 15) is 4.79 Å². The van der Waals surface area contributed by atoms with Gasteiger partial charge >= 0.3 is 5.97 Å². The fourth-order valence-electron chi connectivity index (χ4n) is 0.644. The summed E-state index contributed by atoms with van der Waals surface area (Å²) in [4.78, 5) is 10.4. The van der Waals surface area contributed by atoms with Gasteiger partial charge in [-0.25, -0.2) is 4.79 Å². The molecule has 0 amide bonds. The third-order valence-corrected chi connectivity index (χ3v) is 1.30. The highest BCUT2D eigenvalue weighted by atomic mass is 16.7. The Labute approximate surface area is 69.0 Å². The van der Waals surface area contributed by atoms with Gasteiger partial charge in [-0.1, -0.05) is 0 Å². The van der Waals surface area contributed by atoms with Crippen LogP contribution in [0.5, 0.6) is 0 Å². The van der Waals surface area contributed by atoms with Gasteiger partial charge in [0.25, 0.3) is 5.79 Å². The topological polar surface area (TPSA) is 107 Å². The minimum absolute atomic E-state index is 0.0835. The molecule has 72 valence electrons. The van der Waals surface area contributed by atoms with Crippen LogP contribution in [0.3, 0.4) is 0 Å². The van der Waals surface area contributed by atoms with E-state index in [1.54, 1.807) is 0 Å². The van der Waals surface area contributed by atoms with Crippen molar-refractivity contribution in [3.05, 3.63) is 0 Å². The van der Waals surface area contributed by atoms with Crippen LogP contribution in [-0.4, -0.2) is 51.5 Å². The molecule has 0 radical (unpaired) electrons. The summed E-state index contributed by atoms with van der Waals surface area (Å²) in [6, 6.07) is 0. The van der Waals surface area contributed by atoms with Crippen molar-refractivity contribution < 1.29 is 30.0 Å². The molecule has 0 spiro atoms. The lowest BCUT2D eigenvalue weighted by Crippen LogP contribution is -2.53. The summed E-state index contributed by atoms with van der Waals surface area (Å²) in [7, 11) is 0. The summed E-state index contributed by atoms with van der Waals surface area (Å²) in [5, 5.41) is 34.8. The predicted molar refractivity (Wildman–Crippen MR) is 37.3 cm³/mol. The number of carboxylic acids is 1. The molecule has 2 atom stereocenters. The SMILES string of the molecule is CCOC(O)(C(=O)O)C(O)CO. The van der Waals surface area contributed by atoms with Crippen LogP contribution in [0.25, 0.3) is 0 Å². The van der Waals surface area contributed by atoms with E-state index in [2.05, 4.69) is 4.74 Å². The molecule has 0 aromatic rings. The molecule has 0 heterocycles. The Morgan fingerprint density at radius 2 is 2.17 bits per heavy atom. The maximum Gasteiger partial charge on any atom is 0.367 e. The smallest absolute Gasteiger partial charge is 0.367 e. The van der Waals surface area contributed by atoms with Gasteiger partial charge in [0.15, 0.2) is 0 Å². The van der Waals surface area contributed by atoms with E-state index in [0.29, 0.717) is 0 Å². The number of rotatable bonds is 5. The van der Waals surface area contributed by atoms with Gasteiger partial charge in [-0.3, -0.25) is 0 Å². The number of aliphatic carboxylic acids is 1. The average Bonchev–Trinajstić information content (AvgIpc) is 2.03. The fraction of sp³-hybridized carbons (Fsp3) is 0.833. The Kier molecular flexibility index (Phi) is 4.11. The first-order valence-corrected chi connectivity index (χ1v) is 3.37. The van der Waals surface area contributed by atoms with Crippen molar-refractivity contribution in [2.24, 2.45) is 0 Å². The number of hydrogen-bond donors (Lipinski definition) is 4. The predicted octanol–water partition coefficient (Wildman–Crippen LogP) is -1.85. The van der Waals surface area contributed by atoms with E-state index in [4.69, 9.17) is 20.4 Å². The fourth-order valence-corrected chi connectivity index (χ4v) is 0.644.